The molecule has 0 saturated carbocycles. The van der Waals surface area contributed by atoms with Crippen molar-refractivity contribution >= 4 is 43.2 Å². The molecule has 0 saturated heterocycles. The first-order valence-corrected chi connectivity index (χ1v) is 8.09. The van der Waals surface area contributed by atoms with Gasteiger partial charge in [-0.3, -0.25) is 0 Å². The van der Waals surface area contributed by atoms with Crippen molar-refractivity contribution in [1.82, 2.24) is 0 Å². The van der Waals surface area contributed by atoms with Crippen LogP contribution >= 0.6 is 31.9 Å². The van der Waals surface area contributed by atoms with Crippen molar-refractivity contribution < 1.29 is 0 Å². The largest absolute Gasteiger partial charge is 0.336 e. The molecular weight excluding hydrogens is 366 g/mol. The van der Waals surface area contributed by atoms with Crippen molar-refractivity contribution in [2.75, 3.05) is 4.90 Å². The molecule has 0 spiro atoms. The normalized spacial score (nSPS) is 19.3. The molecule has 4 rings (SSSR count). The van der Waals surface area contributed by atoms with E-state index in [4.69, 9.17) is 0 Å². The van der Waals surface area contributed by atoms with Crippen molar-refractivity contribution in [3.63, 3.8) is 0 Å². The maximum absolute atomic E-state index is 3.75. The van der Waals surface area contributed by atoms with E-state index in [-0.39, 0.29) is 0 Å². The van der Waals surface area contributed by atoms with Crippen LogP contribution in [0.5, 0.6) is 0 Å². The molecule has 19 heavy (non-hydrogen) atoms. The predicted molar refractivity (Wildman–Crippen MR) is 86.4 cm³/mol. The molecule has 96 valence electrons. The number of benzene rings is 2. The molecule has 0 aliphatic carbocycles. The molecule has 0 bridgehead atoms. The van der Waals surface area contributed by atoms with Gasteiger partial charge in [-0.25, -0.2) is 0 Å². The number of rotatable bonds is 0. The number of nitrogens with zero attached hydrogens (tertiary/aromatic N) is 1. The fourth-order valence-corrected chi connectivity index (χ4v) is 4.66. The lowest BCUT2D eigenvalue weighted by Gasteiger charge is -2.21. The summed E-state index contributed by atoms with van der Waals surface area (Å²) in [6.45, 7) is 2.17. The Bertz CT molecular complexity index is 693. The molecular formula is C16H13Br2N. The van der Waals surface area contributed by atoms with Crippen LogP contribution in [-0.2, 0) is 12.8 Å². The van der Waals surface area contributed by atoms with Crippen molar-refractivity contribution in [3.05, 3.63) is 56.0 Å². The van der Waals surface area contributed by atoms with Crippen molar-refractivity contribution in [2.24, 2.45) is 0 Å². The number of anilines is 2. The molecule has 0 N–H and O–H groups in total. The summed E-state index contributed by atoms with van der Waals surface area (Å²) in [5, 5.41) is 0. The molecule has 0 fully saturated rings. The van der Waals surface area contributed by atoms with E-state index in [1.54, 1.807) is 0 Å². The van der Waals surface area contributed by atoms with E-state index < -0.39 is 0 Å². The second kappa shape index (κ2) is 4.10. The van der Waals surface area contributed by atoms with Gasteiger partial charge in [-0.2, -0.15) is 0 Å². The fourth-order valence-electron chi connectivity index (χ4n) is 3.45. The summed E-state index contributed by atoms with van der Waals surface area (Å²) in [5.41, 5.74) is 7.01. The van der Waals surface area contributed by atoms with Crippen LogP contribution in [0.2, 0.25) is 0 Å². The van der Waals surface area contributed by atoms with Gasteiger partial charge >= 0.3 is 0 Å². The van der Waals surface area contributed by atoms with Gasteiger partial charge in [-0.1, -0.05) is 22.0 Å². The summed E-state index contributed by atoms with van der Waals surface area (Å²) < 4.78 is 2.40. The lowest BCUT2D eigenvalue weighted by atomic mass is 10.0. The number of fused-ring (bicyclic) bond motifs is 5. The second-order valence-corrected chi connectivity index (χ2v) is 7.23. The third-order valence-corrected chi connectivity index (χ3v) is 5.20. The summed E-state index contributed by atoms with van der Waals surface area (Å²) in [6, 6.07) is 11.8. The van der Waals surface area contributed by atoms with Gasteiger partial charge in [-0.05, 0) is 76.7 Å². The monoisotopic (exact) mass is 377 g/mol. The van der Waals surface area contributed by atoms with Crippen LogP contribution in [0.4, 0.5) is 11.4 Å². The Morgan fingerprint density at radius 3 is 2.68 bits per heavy atom. The van der Waals surface area contributed by atoms with Gasteiger partial charge in [0.2, 0.25) is 0 Å². The summed E-state index contributed by atoms with van der Waals surface area (Å²) in [6.07, 6.45) is 2.30. The van der Waals surface area contributed by atoms with Crippen molar-refractivity contribution in [3.8, 4) is 0 Å². The quantitative estimate of drug-likeness (QED) is 0.613. The van der Waals surface area contributed by atoms with Gasteiger partial charge in [0.15, 0.2) is 0 Å². The van der Waals surface area contributed by atoms with Crippen LogP contribution in [0.1, 0.15) is 16.7 Å². The van der Waals surface area contributed by atoms with Gasteiger partial charge in [0.05, 0.1) is 5.69 Å². The van der Waals surface area contributed by atoms with E-state index in [1.807, 2.05) is 0 Å². The Labute approximate surface area is 129 Å². The molecule has 1 nitrogen and oxygen atoms in total. The highest BCUT2D eigenvalue weighted by molar-refractivity contribution is 9.10. The summed E-state index contributed by atoms with van der Waals surface area (Å²) in [5.74, 6) is 0. The lowest BCUT2D eigenvalue weighted by molar-refractivity contribution is 0.725. The minimum Gasteiger partial charge on any atom is -0.336 e. The maximum Gasteiger partial charge on any atom is 0.0591 e. The molecule has 2 aromatic carbocycles. The first-order chi connectivity index (χ1) is 9.13. The van der Waals surface area contributed by atoms with Crippen LogP contribution in [0.25, 0.3) is 0 Å². The Hall–Kier alpha value is -0.800. The van der Waals surface area contributed by atoms with Gasteiger partial charge in [0.25, 0.3) is 0 Å². The van der Waals surface area contributed by atoms with E-state index in [9.17, 15) is 0 Å². The standard InChI is InChI=1S/C16H13Br2N/c1-9-4-11-8-13-7-10-6-12(17)2-3-15(10)19(13)16(11)14(18)5-9/h2-6,13H,7-8H2,1H3. The highest BCUT2D eigenvalue weighted by atomic mass is 79.9. The molecule has 1 unspecified atom stereocenters. The van der Waals surface area contributed by atoms with Gasteiger partial charge in [0, 0.05) is 20.7 Å². The molecule has 2 aliphatic heterocycles. The molecule has 2 aromatic rings. The summed E-state index contributed by atoms with van der Waals surface area (Å²) in [4.78, 5) is 2.51. The highest BCUT2D eigenvalue weighted by Crippen LogP contribution is 2.49. The van der Waals surface area contributed by atoms with Crippen LogP contribution in [-0.4, -0.2) is 6.04 Å². The summed E-state index contributed by atoms with van der Waals surface area (Å²) >= 11 is 7.32. The Balaban J connectivity index is 1.92. The first kappa shape index (κ1) is 12.0. The topological polar surface area (TPSA) is 3.24 Å². The average molecular weight is 379 g/mol. The number of hydrogen-bond donors (Lipinski definition) is 0. The van der Waals surface area contributed by atoms with Crippen molar-refractivity contribution in [1.29, 1.82) is 0 Å². The van der Waals surface area contributed by atoms with Crippen LogP contribution in [0.15, 0.2) is 39.3 Å². The smallest absolute Gasteiger partial charge is 0.0591 e. The zero-order chi connectivity index (χ0) is 13.1. The van der Waals surface area contributed by atoms with E-state index in [0.717, 1.165) is 12.8 Å². The van der Waals surface area contributed by atoms with Gasteiger partial charge < -0.3 is 4.90 Å². The Kier molecular flexibility index (Phi) is 2.58. The van der Waals surface area contributed by atoms with E-state index in [1.165, 1.54) is 37.0 Å². The highest BCUT2D eigenvalue weighted by Gasteiger charge is 2.38. The molecule has 2 heterocycles. The molecule has 1 atom stereocenters. The van der Waals surface area contributed by atoms with Crippen LogP contribution in [0.3, 0.4) is 0 Å². The SMILES string of the molecule is Cc1cc(Br)c2c(c1)CC1Cc3cc(Br)ccc3N21. The first-order valence-electron chi connectivity index (χ1n) is 6.50. The molecule has 0 amide bonds. The molecule has 0 aromatic heterocycles. The van der Waals surface area contributed by atoms with Gasteiger partial charge in [0.1, 0.15) is 0 Å². The zero-order valence-electron chi connectivity index (χ0n) is 10.6. The lowest BCUT2D eigenvalue weighted by Crippen LogP contribution is -2.22. The zero-order valence-corrected chi connectivity index (χ0v) is 13.8. The summed E-state index contributed by atoms with van der Waals surface area (Å²) in [7, 11) is 0. The van der Waals surface area contributed by atoms with E-state index in [2.05, 4.69) is 74.0 Å². The minimum atomic E-state index is 0.595. The van der Waals surface area contributed by atoms with E-state index >= 15 is 0 Å². The van der Waals surface area contributed by atoms with Crippen LogP contribution in [0, 0.1) is 6.92 Å². The average Bonchev–Trinajstić information content (AvgIpc) is 2.82. The second-order valence-electron chi connectivity index (χ2n) is 5.46. The number of halogens is 2. The maximum atomic E-state index is 3.75. The van der Waals surface area contributed by atoms with Gasteiger partial charge in [-0.15, -0.1) is 0 Å². The van der Waals surface area contributed by atoms with Crippen LogP contribution < -0.4 is 4.90 Å². The van der Waals surface area contributed by atoms with Crippen molar-refractivity contribution in [2.45, 2.75) is 25.8 Å². The fraction of sp³-hybridized carbons (Fsp3) is 0.250. The Morgan fingerprint density at radius 2 is 1.84 bits per heavy atom. The number of aryl methyl sites for hydroxylation is 1. The molecule has 3 heteroatoms. The number of hydrogen-bond acceptors (Lipinski definition) is 1. The third kappa shape index (κ3) is 1.71. The molecule has 2 aliphatic rings. The predicted octanol–water partition coefficient (Wildman–Crippen LogP) is 5.14. The minimum absolute atomic E-state index is 0.595. The molecule has 0 radical (unpaired) electrons. The third-order valence-electron chi connectivity index (χ3n) is 4.10. The Morgan fingerprint density at radius 1 is 1.05 bits per heavy atom. The van der Waals surface area contributed by atoms with E-state index in [0.29, 0.717) is 6.04 Å².